The van der Waals surface area contributed by atoms with Gasteiger partial charge in [0.15, 0.2) is 0 Å². The van der Waals surface area contributed by atoms with Crippen LogP contribution < -0.4 is 5.32 Å². The zero-order valence-corrected chi connectivity index (χ0v) is 10.4. The first-order valence-electron chi connectivity index (χ1n) is 5.85. The third-order valence-electron chi connectivity index (χ3n) is 3.12. The molecule has 0 heterocycles. The molecule has 0 saturated heterocycles. The van der Waals surface area contributed by atoms with Crippen molar-refractivity contribution in [3.8, 4) is 0 Å². The molecule has 0 amide bonds. The van der Waals surface area contributed by atoms with Crippen molar-refractivity contribution in [2.75, 3.05) is 0 Å². The maximum absolute atomic E-state index is 5.91. The Bertz CT molecular complexity index is 354. The van der Waals surface area contributed by atoms with Crippen molar-refractivity contribution in [2.45, 2.75) is 31.8 Å². The van der Waals surface area contributed by atoms with E-state index in [9.17, 15) is 0 Å². The van der Waals surface area contributed by atoms with E-state index >= 15 is 0 Å². The lowest BCUT2D eigenvalue weighted by Crippen LogP contribution is -2.30. The molecule has 1 N–H and O–H groups in total. The molecule has 1 nitrogen and oxygen atoms in total. The van der Waals surface area contributed by atoms with Gasteiger partial charge in [-0.25, -0.2) is 0 Å². The Balaban J connectivity index is 2.12. The van der Waals surface area contributed by atoms with Gasteiger partial charge >= 0.3 is 0 Å². The second kappa shape index (κ2) is 5.03. The van der Waals surface area contributed by atoms with E-state index in [1.165, 1.54) is 18.4 Å². The van der Waals surface area contributed by atoms with Crippen molar-refractivity contribution in [2.24, 2.45) is 5.92 Å². The van der Waals surface area contributed by atoms with Crippen LogP contribution in [-0.2, 0) is 0 Å². The summed E-state index contributed by atoms with van der Waals surface area (Å²) in [6, 6.07) is 8.97. The minimum atomic E-state index is 0.348. The summed E-state index contributed by atoms with van der Waals surface area (Å²) in [6.07, 6.45) is 4.60. The SMILES string of the molecule is C=CC(C)NC(c1ccc(Cl)cc1)C1CC1. The van der Waals surface area contributed by atoms with Gasteiger partial charge in [0.05, 0.1) is 0 Å². The molecule has 1 aromatic rings. The third kappa shape index (κ3) is 2.87. The number of halogens is 1. The van der Waals surface area contributed by atoms with Gasteiger partial charge in [0.1, 0.15) is 0 Å². The fraction of sp³-hybridized carbons (Fsp3) is 0.429. The molecule has 2 rings (SSSR count). The zero-order valence-electron chi connectivity index (χ0n) is 9.62. The summed E-state index contributed by atoms with van der Waals surface area (Å²) < 4.78 is 0. The molecule has 1 fully saturated rings. The van der Waals surface area contributed by atoms with Crippen molar-refractivity contribution < 1.29 is 0 Å². The van der Waals surface area contributed by atoms with Gasteiger partial charge in [0, 0.05) is 17.1 Å². The molecule has 16 heavy (non-hydrogen) atoms. The van der Waals surface area contributed by atoms with Crippen molar-refractivity contribution >= 4 is 11.6 Å². The summed E-state index contributed by atoms with van der Waals surface area (Å²) >= 11 is 5.91. The first-order chi connectivity index (χ1) is 7.70. The number of hydrogen-bond acceptors (Lipinski definition) is 1. The van der Waals surface area contributed by atoms with Crippen molar-refractivity contribution in [1.82, 2.24) is 5.32 Å². The maximum atomic E-state index is 5.91. The molecule has 86 valence electrons. The molecule has 1 aromatic carbocycles. The van der Waals surface area contributed by atoms with Gasteiger partial charge in [-0.1, -0.05) is 29.8 Å². The summed E-state index contributed by atoms with van der Waals surface area (Å²) in [5.74, 6) is 0.781. The first kappa shape index (κ1) is 11.7. The van der Waals surface area contributed by atoms with E-state index in [4.69, 9.17) is 11.6 Å². The summed E-state index contributed by atoms with van der Waals surface area (Å²) in [5, 5.41) is 4.40. The number of rotatable bonds is 5. The van der Waals surface area contributed by atoms with Crippen LogP contribution in [0.1, 0.15) is 31.4 Å². The molecular weight excluding hydrogens is 218 g/mol. The fourth-order valence-corrected chi connectivity index (χ4v) is 2.08. The van der Waals surface area contributed by atoms with Crippen LogP contribution in [0.2, 0.25) is 5.02 Å². The van der Waals surface area contributed by atoms with Crippen LogP contribution in [0.5, 0.6) is 0 Å². The van der Waals surface area contributed by atoms with Gasteiger partial charge in [0.2, 0.25) is 0 Å². The van der Waals surface area contributed by atoms with Crippen LogP contribution in [0.25, 0.3) is 0 Å². The molecule has 0 spiro atoms. The van der Waals surface area contributed by atoms with Gasteiger partial charge in [-0.2, -0.15) is 0 Å². The van der Waals surface area contributed by atoms with Crippen molar-refractivity contribution in [3.63, 3.8) is 0 Å². The minimum absolute atomic E-state index is 0.348. The van der Waals surface area contributed by atoms with E-state index in [1.54, 1.807) is 0 Å². The predicted octanol–water partition coefficient (Wildman–Crippen LogP) is 3.96. The Morgan fingerprint density at radius 1 is 1.38 bits per heavy atom. The van der Waals surface area contributed by atoms with Gasteiger partial charge in [-0.15, -0.1) is 6.58 Å². The molecule has 1 saturated carbocycles. The highest BCUT2D eigenvalue weighted by atomic mass is 35.5. The molecule has 2 heteroatoms. The topological polar surface area (TPSA) is 12.0 Å². The summed E-state index contributed by atoms with van der Waals surface area (Å²) in [7, 11) is 0. The largest absolute Gasteiger partial charge is 0.304 e. The van der Waals surface area contributed by atoms with E-state index in [0.29, 0.717) is 12.1 Å². The Morgan fingerprint density at radius 3 is 2.50 bits per heavy atom. The van der Waals surface area contributed by atoms with E-state index in [0.717, 1.165) is 10.9 Å². The molecule has 1 aliphatic carbocycles. The zero-order chi connectivity index (χ0) is 11.5. The maximum Gasteiger partial charge on any atom is 0.0406 e. The van der Waals surface area contributed by atoms with Gasteiger partial charge in [0.25, 0.3) is 0 Å². The fourth-order valence-electron chi connectivity index (χ4n) is 1.96. The molecule has 0 aromatic heterocycles. The van der Waals surface area contributed by atoms with Crippen molar-refractivity contribution in [3.05, 3.63) is 47.5 Å². The van der Waals surface area contributed by atoms with Gasteiger partial charge < -0.3 is 5.32 Å². The second-order valence-electron chi connectivity index (χ2n) is 4.56. The molecule has 1 aliphatic rings. The lowest BCUT2D eigenvalue weighted by Gasteiger charge is -2.22. The van der Waals surface area contributed by atoms with E-state index in [-0.39, 0.29) is 0 Å². The first-order valence-corrected chi connectivity index (χ1v) is 6.22. The number of benzene rings is 1. The average molecular weight is 236 g/mol. The molecule has 0 bridgehead atoms. The summed E-state index contributed by atoms with van der Waals surface area (Å²) in [4.78, 5) is 0. The highest BCUT2D eigenvalue weighted by Gasteiger charge is 2.32. The summed E-state index contributed by atoms with van der Waals surface area (Å²) in [5.41, 5.74) is 1.33. The predicted molar refractivity (Wildman–Crippen MR) is 69.7 cm³/mol. The monoisotopic (exact) mass is 235 g/mol. The van der Waals surface area contributed by atoms with Crippen molar-refractivity contribution in [1.29, 1.82) is 0 Å². The molecular formula is C14H18ClN. The molecule has 2 atom stereocenters. The van der Waals surface area contributed by atoms with Crippen LogP contribution in [0.4, 0.5) is 0 Å². The third-order valence-corrected chi connectivity index (χ3v) is 3.37. The lowest BCUT2D eigenvalue weighted by atomic mass is 10.0. The standard InChI is InChI=1S/C14H18ClN/c1-3-10(2)16-14(11-4-5-11)12-6-8-13(15)9-7-12/h3,6-11,14,16H,1,4-5H2,2H3. The summed E-state index contributed by atoms with van der Waals surface area (Å²) in [6.45, 7) is 5.95. The van der Waals surface area contributed by atoms with Crippen LogP contribution in [0, 0.1) is 5.92 Å². The Hall–Kier alpha value is -0.790. The normalized spacial score (nSPS) is 19.1. The minimum Gasteiger partial charge on any atom is -0.304 e. The highest BCUT2D eigenvalue weighted by Crippen LogP contribution is 2.41. The van der Waals surface area contributed by atoms with E-state index in [2.05, 4.69) is 31.0 Å². The highest BCUT2D eigenvalue weighted by molar-refractivity contribution is 6.30. The van der Waals surface area contributed by atoms with Crippen LogP contribution in [0.15, 0.2) is 36.9 Å². The Kier molecular flexibility index (Phi) is 3.67. The smallest absolute Gasteiger partial charge is 0.0406 e. The lowest BCUT2D eigenvalue weighted by molar-refractivity contribution is 0.457. The van der Waals surface area contributed by atoms with Gasteiger partial charge in [-0.3, -0.25) is 0 Å². The average Bonchev–Trinajstić information content (AvgIpc) is 3.11. The quantitative estimate of drug-likeness (QED) is 0.762. The van der Waals surface area contributed by atoms with E-state index in [1.807, 2.05) is 18.2 Å². The van der Waals surface area contributed by atoms with E-state index < -0.39 is 0 Å². The van der Waals surface area contributed by atoms with Crippen LogP contribution in [0.3, 0.4) is 0 Å². The molecule has 0 aliphatic heterocycles. The molecule has 0 radical (unpaired) electrons. The molecule has 2 unspecified atom stereocenters. The Labute approximate surface area is 103 Å². The number of hydrogen-bond donors (Lipinski definition) is 1. The number of nitrogens with one attached hydrogen (secondary N) is 1. The van der Waals surface area contributed by atoms with Crippen LogP contribution >= 0.6 is 11.6 Å². The Morgan fingerprint density at radius 2 is 2.00 bits per heavy atom. The second-order valence-corrected chi connectivity index (χ2v) is 4.99. The van der Waals surface area contributed by atoms with Gasteiger partial charge in [-0.05, 0) is 43.4 Å². The van der Waals surface area contributed by atoms with Crippen LogP contribution in [-0.4, -0.2) is 6.04 Å².